The summed E-state index contributed by atoms with van der Waals surface area (Å²) in [6.07, 6.45) is 5.07. The lowest BCUT2D eigenvalue weighted by molar-refractivity contribution is 0.399. The molecule has 0 amide bonds. The smallest absolute Gasteiger partial charge is 0.122 e. The summed E-state index contributed by atoms with van der Waals surface area (Å²) in [6, 6.07) is 9.54. The molecule has 1 saturated carbocycles. The van der Waals surface area contributed by atoms with Crippen molar-refractivity contribution >= 4 is 0 Å². The number of para-hydroxylation sites is 1. The van der Waals surface area contributed by atoms with Crippen molar-refractivity contribution in [3.05, 3.63) is 29.8 Å². The predicted octanol–water partition coefficient (Wildman–Crippen LogP) is 3.40. The second kappa shape index (κ2) is 6.24. The summed E-state index contributed by atoms with van der Waals surface area (Å²) in [7, 11) is 1.75. The first-order chi connectivity index (χ1) is 8.69. The average molecular weight is 247 g/mol. The summed E-state index contributed by atoms with van der Waals surface area (Å²) in [5.41, 5.74) is 1.30. The lowest BCUT2D eigenvalue weighted by atomic mass is 10.0. The number of methoxy groups -OCH3 is 1. The Labute approximate surface area is 111 Å². The normalized spacial score (nSPS) is 25.1. The Balaban J connectivity index is 1.88. The Bertz CT molecular complexity index is 377. The van der Waals surface area contributed by atoms with Gasteiger partial charge in [-0.1, -0.05) is 25.1 Å². The molecular formula is C16H25NO. The van der Waals surface area contributed by atoms with Crippen LogP contribution in [0.3, 0.4) is 0 Å². The van der Waals surface area contributed by atoms with Gasteiger partial charge in [0.05, 0.1) is 7.11 Å². The summed E-state index contributed by atoms with van der Waals surface area (Å²) in [5.74, 6) is 1.90. The second-order valence-corrected chi connectivity index (χ2v) is 5.70. The van der Waals surface area contributed by atoms with Crippen LogP contribution in [0.1, 0.15) is 38.7 Å². The number of benzene rings is 1. The van der Waals surface area contributed by atoms with Crippen LogP contribution in [0.4, 0.5) is 0 Å². The van der Waals surface area contributed by atoms with Crippen molar-refractivity contribution in [1.82, 2.24) is 5.32 Å². The third-order valence-electron chi connectivity index (χ3n) is 3.93. The highest BCUT2D eigenvalue weighted by molar-refractivity contribution is 5.33. The van der Waals surface area contributed by atoms with E-state index in [9.17, 15) is 0 Å². The number of hydrogen-bond acceptors (Lipinski definition) is 2. The van der Waals surface area contributed by atoms with Crippen LogP contribution in [0.25, 0.3) is 0 Å². The van der Waals surface area contributed by atoms with Gasteiger partial charge in [-0.2, -0.15) is 0 Å². The molecule has 100 valence electrons. The zero-order valence-corrected chi connectivity index (χ0v) is 11.8. The standard InChI is InChI=1S/C16H25NO/c1-12-8-9-15(10-12)17-13(2)11-14-6-4-5-7-16(14)18-3/h4-7,12-13,15,17H,8-11H2,1-3H3. The van der Waals surface area contributed by atoms with Gasteiger partial charge in [-0.25, -0.2) is 0 Å². The predicted molar refractivity (Wildman–Crippen MR) is 76.1 cm³/mol. The van der Waals surface area contributed by atoms with E-state index in [0.29, 0.717) is 12.1 Å². The van der Waals surface area contributed by atoms with Gasteiger partial charge in [-0.15, -0.1) is 0 Å². The zero-order chi connectivity index (χ0) is 13.0. The fourth-order valence-corrected chi connectivity index (χ4v) is 3.02. The van der Waals surface area contributed by atoms with Crippen molar-refractivity contribution in [2.24, 2.45) is 5.92 Å². The summed E-state index contributed by atoms with van der Waals surface area (Å²) in [5, 5.41) is 3.75. The van der Waals surface area contributed by atoms with E-state index < -0.39 is 0 Å². The minimum atomic E-state index is 0.511. The van der Waals surface area contributed by atoms with Gasteiger partial charge in [0, 0.05) is 12.1 Å². The fourth-order valence-electron chi connectivity index (χ4n) is 3.02. The van der Waals surface area contributed by atoms with Gasteiger partial charge >= 0.3 is 0 Å². The molecule has 0 radical (unpaired) electrons. The van der Waals surface area contributed by atoms with Gasteiger partial charge in [0.1, 0.15) is 5.75 Å². The largest absolute Gasteiger partial charge is 0.496 e. The van der Waals surface area contributed by atoms with Crippen molar-refractivity contribution in [3.8, 4) is 5.75 Å². The van der Waals surface area contributed by atoms with Crippen LogP contribution in [-0.4, -0.2) is 19.2 Å². The molecule has 2 nitrogen and oxygen atoms in total. The maximum Gasteiger partial charge on any atom is 0.122 e. The number of ether oxygens (including phenoxy) is 1. The van der Waals surface area contributed by atoms with Gasteiger partial charge in [-0.3, -0.25) is 0 Å². The Morgan fingerprint density at radius 1 is 1.33 bits per heavy atom. The highest BCUT2D eigenvalue weighted by Crippen LogP contribution is 2.25. The number of hydrogen-bond donors (Lipinski definition) is 1. The van der Waals surface area contributed by atoms with Crippen LogP contribution in [0, 0.1) is 5.92 Å². The molecule has 3 unspecified atom stereocenters. The van der Waals surface area contributed by atoms with Gasteiger partial charge in [0.15, 0.2) is 0 Å². The van der Waals surface area contributed by atoms with Crippen molar-refractivity contribution in [1.29, 1.82) is 0 Å². The van der Waals surface area contributed by atoms with Gasteiger partial charge < -0.3 is 10.1 Å². The Hall–Kier alpha value is -1.02. The van der Waals surface area contributed by atoms with E-state index in [-0.39, 0.29) is 0 Å². The molecule has 1 aliphatic carbocycles. The lowest BCUT2D eigenvalue weighted by Gasteiger charge is -2.20. The van der Waals surface area contributed by atoms with Gasteiger partial charge in [0.2, 0.25) is 0 Å². The first-order valence-corrected chi connectivity index (χ1v) is 7.07. The monoisotopic (exact) mass is 247 g/mol. The maximum atomic E-state index is 5.41. The highest BCUT2D eigenvalue weighted by atomic mass is 16.5. The van der Waals surface area contributed by atoms with E-state index in [1.807, 2.05) is 12.1 Å². The molecule has 0 bridgehead atoms. The number of nitrogens with one attached hydrogen (secondary N) is 1. The van der Waals surface area contributed by atoms with Crippen LogP contribution < -0.4 is 10.1 Å². The van der Waals surface area contributed by atoms with Crippen molar-refractivity contribution in [2.75, 3.05) is 7.11 Å². The van der Waals surface area contributed by atoms with Crippen LogP contribution in [0.5, 0.6) is 5.75 Å². The van der Waals surface area contributed by atoms with Gasteiger partial charge in [0.25, 0.3) is 0 Å². The Morgan fingerprint density at radius 2 is 2.11 bits per heavy atom. The van der Waals surface area contributed by atoms with E-state index in [1.54, 1.807) is 7.11 Å². The summed E-state index contributed by atoms with van der Waals surface area (Å²) in [6.45, 7) is 4.63. The molecule has 2 rings (SSSR count). The van der Waals surface area contributed by atoms with Crippen LogP contribution in [0.15, 0.2) is 24.3 Å². The summed E-state index contributed by atoms with van der Waals surface area (Å²) in [4.78, 5) is 0. The van der Waals surface area contributed by atoms with E-state index >= 15 is 0 Å². The zero-order valence-electron chi connectivity index (χ0n) is 11.8. The molecule has 1 N–H and O–H groups in total. The Kier molecular flexibility index (Phi) is 4.65. The minimum absolute atomic E-state index is 0.511. The van der Waals surface area contributed by atoms with E-state index in [2.05, 4.69) is 31.3 Å². The quantitative estimate of drug-likeness (QED) is 0.861. The first-order valence-electron chi connectivity index (χ1n) is 7.07. The fraction of sp³-hybridized carbons (Fsp3) is 0.625. The van der Waals surface area contributed by atoms with Crippen molar-refractivity contribution in [2.45, 2.75) is 51.6 Å². The molecule has 1 aromatic carbocycles. The molecule has 0 saturated heterocycles. The molecule has 1 fully saturated rings. The lowest BCUT2D eigenvalue weighted by Crippen LogP contribution is -2.36. The molecule has 3 atom stereocenters. The summed E-state index contributed by atoms with van der Waals surface area (Å²) >= 11 is 0. The van der Waals surface area contributed by atoms with E-state index in [4.69, 9.17) is 4.74 Å². The molecule has 0 heterocycles. The van der Waals surface area contributed by atoms with Crippen LogP contribution >= 0.6 is 0 Å². The molecular weight excluding hydrogens is 222 g/mol. The molecule has 0 aromatic heterocycles. The molecule has 2 heteroatoms. The van der Waals surface area contributed by atoms with Crippen molar-refractivity contribution < 1.29 is 4.74 Å². The molecule has 18 heavy (non-hydrogen) atoms. The first kappa shape index (κ1) is 13.4. The van der Waals surface area contributed by atoms with E-state index in [0.717, 1.165) is 18.1 Å². The molecule has 0 spiro atoms. The van der Waals surface area contributed by atoms with Crippen LogP contribution in [-0.2, 0) is 6.42 Å². The average Bonchev–Trinajstić information content (AvgIpc) is 2.75. The minimum Gasteiger partial charge on any atom is -0.496 e. The van der Waals surface area contributed by atoms with Crippen LogP contribution in [0.2, 0.25) is 0 Å². The van der Waals surface area contributed by atoms with Gasteiger partial charge in [-0.05, 0) is 50.2 Å². The Morgan fingerprint density at radius 3 is 2.78 bits per heavy atom. The number of rotatable bonds is 5. The third-order valence-corrected chi connectivity index (χ3v) is 3.93. The van der Waals surface area contributed by atoms with Crippen molar-refractivity contribution in [3.63, 3.8) is 0 Å². The molecule has 0 aliphatic heterocycles. The molecule has 1 aliphatic rings. The topological polar surface area (TPSA) is 21.3 Å². The maximum absolute atomic E-state index is 5.41. The second-order valence-electron chi connectivity index (χ2n) is 5.70. The third kappa shape index (κ3) is 3.49. The molecule has 1 aromatic rings. The summed E-state index contributed by atoms with van der Waals surface area (Å²) < 4.78 is 5.41. The SMILES string of the molecule is COc1ccccc1CC(C)NC1CCC(C)C1. The van der Waals surface area contributed by atoms with E-state index in [1.165, 1.54) is 24.8 Å². The highest BCUT2D eigenvalue weighted by Gasteiger charge is 2.22.